The molecule has 0 aromatic heterocycles. The van der Waals surface area contributed by atoms with Gasteiger partial charge in [0.2, 0.25) is 15.9 Å². The molecular weight excluding hydrogens is 433 g/mol. The molecule has 2 aromatic carbocycles. The van der Waals surface area contributed by atoms with Gasteiger partial charge in [0, 0.05) is 26.2 Å². The molecule has 1 heterocycles. The summed E-state index contributed by atoms with van der Waals surface area (Å²) in [5, 5.41) is 2.86. The smallest absolute Gasteiger partial charge is 0.244 e. The van der Waals surface area contributed by atoms with Crippen LogP contribution in [0.4, 0.5) is 10.1 Å². The highest BCUT2D eigenvalue weighted by Gasteiger charge is 2.31. The number of rotatable bonds is 9. The Balaban J connectivity index is 1.69. The van der Waals surface area contributed by atoms with E-state index in [1.165, 1.54) is 24.3 Å². The topological polar surface area (TPSA) is 79.0 Å². The number of nitrogens with one attached hydrogen (secondary N) is 1. The highest BCUT2D eigenvalue weighted by Crippen LogP contribution is 2.23. The maximum atomic E-state index is 13.3. The molecule has 9 heteroatoms. The van der Waals surface area contributed by atoms with Gasteiger partial charge in [0.1, 0.15) is 11.9 Å². The molecule has 0 bridgehead atoms. The minimum atomic E-state index is -3.76. The van der Waals surface area contributed by atoms with E-state index in [1.807, 2.05) is 18.2 Å². The zero-order valence-corrected chi connectivity index (χ0v) is 19.3. The minimum Gasteiger partial charge on any atom is -0.379 e. The van der Waals surface area contributed by atoms with Gasteiger partial charge in [-0.25, -0.2) is 12.8 Å². The van der Waals surface area contributed by atoms with Crippen molar-refractivity contribution >= 4 is 21.6 Å². The number of anilines is 1. The van der Waals surface area contributed by atoms with Crippen LogP contribution in [0.15, 0.2) is 48.5 Å². The summed E-state index contributed by atoms with van der Waals surface area (Å²) < 4.78 is 44.7. The number of carbonyl (C=O) groups excluding carboxylic acids is 1. The van der Waals surface area contributed by atoms with Gasteiger partial charge in [-0.05, 0) is 41.8 Å². The van der Waals surface area contributed by atoms with Crippen LogP contribution in [0.1, 0.15) is 24.5 Å². The van der Waals surface area contributed by atoms with Gasteiger partial charge in [-0.3, -0.25) is 14.0 Å². The summed E-state index contributed by atoms with van der Waals surface area (Å²) in [6.07, 6.45) is 1.31. The molecule has 0 unspecified atom stereocenters. The Bertz CT molecular complexity index is 1010. The molecule has 0 radical (unpaired) electrons. The third-order valence-corrected chi connectivity index (χ3v) is 6.56. The van der Waals surface area contributed by atoms with E-state index in [1.54, 1.807) is 6.92 Å². The number of halogens is 1. The van der Waals surface area contributed by atoms with Crippen LogP contribution in [0.2, 0.25) is 0 Å². The molecule has 1 saturated heterocycles. The largest absolute Gasteiger partial charge is 0.379 e. The van der Waals surface area contributed by atoms with Crippen molar-refractivity contribution < 1.29 is 22.3 Å². The second-order valence-electron chi connectivity index (χ2n) is 7.89. The third kappa shape index (κ3) is 6.51. The van der Waals surface area contributed by atoms with Crippen molar-refractivity contribution in [2.75, 3.05) is 36.9 Å². The molecule has 1 amide bonds. The fraction of sp³-hybridized carbons (Fsp3) is 0.435. The summed E-state index contributed by atoms with van der Waals surface area (Å²) in [7, 11) is -3.76. The first kappa shape index (κ1) is 24.2. The number of hydrogen-bond acceptors (Lipinski definition) is 5. The lowest BCUT2D eigenvalue weighted by Gasteiger charge is -2.30. The predicted molar refractivity (Wildman–Crippen MR) is 122 cm³/mol. The van der Waals surface area contributed by atoms with Crippen molar-refractivity contribution in [3.8, 4) is 0 Å². The Morgan fingerprint density at radius 3 is 2.44 bits per heavy atom. The van der Waals surface area contributed by atoms with E-state index in [0.717, 1.165) is 54.5 Å². The van der Waals surface area contributed by atoms with Gasteiger partial charge in [0.15, 0.2) is 0 Å². The number of sulfonamides is 1. The normalized spacial score (nSPS) is 15.8. The summed E-state index contributed by atoms with van der Waals surface area (Å²) in [4.78, 5) is 15.3. The van der Waals surface area contributed by atoms with Gasteiger partial charge >= 0.3 is 0 Å². The van der Waals surface area contributed by atoms with E-state index in [0.29, 0.717) is 0 Å². The fourth-order valence-corrected chi connectivity index (χ4v) is 5.02. The predicted octanol–water partition coefficient (Wildman–Crippen LogP) is 2.52. The maximum Gasteiger partial charge on any atom is 0.244 e. The first-order valence-electron chi connectivity index (χ1n) is 10.7. The van der Waals surface area contributed by atoms with Crippen molar-refractivity contribution in [2.24, 2.45) is 0 Å². The Hall–Kier alpha value is -2.49. The van der Waals surface area contributed by atoms with Crippen LogP contribution in [-0.2, 0) is 32.6 Å². The van der Waals surface area contributed by atoms with Crippen molar-refractivity contribution in [1.29, 1.82) is 0 Å². The van der Waals surface area contributed by atoms with E-state index >= 15 is 0 Å². The van der Waals surface area contributed by atoms with Gasteiger partial charge in [-0.1, -0.05) is 31.2 Å². The standard InChI is InChI=1S/C23H30FN3O4S/c1-3-22(27(32(2,29)30)21-9-7-20(24)8-10-21)23(28)25-16-18-5-4-6-19(15-18)17-26-11-13-31-14-12-26/h4-10,15,22H,3,11-14,16-17H2,1-2H3,(H,25,28)/t22-/m0/s1. The lowest BCUT2D eigenvalue weighted by atomic mass is 10.1. The molecule has 32 heavy (non-hydrogen) atoms. The number of hydrogen-bond donors (Lipinski definition) is 1. The zero-order valence-electron chi connectivity index (χ0n) is 18.5. The van der Waals surface area contributed by atoms with Crippen LogP contribution in [0.25, 0.3) is 0 Å². The molecule has 1 atom stereocenters. The molecule has 1 aliphatic rings. The maximum absolute atomic E-state index is 13.3. The van der Waals surface area contributed by atoms with Gasteiger partial charge in [0.25, 0.3) is 0 Å². The van der Waals surface area contributed by atoms with Crippen molar-refractivity contribution in [3.63, 3.8) is 0 Å². The second-order valence-corrected chi connectivity index (χ2v) is 9.74. The molecule has 7 nitrogen and oxygen atoms in total. The lowest BCUT2D eigenvalue weighted by Crippen LogP contribution is -2.49. The van der Waals surface area contributed by atoms with E-state index in [2.05, 4.69) is 16.3 Å². The van der Waals surface area contributed by atoms with Gasteiger partial charge in [-0.2, -0.15) is 0 Å². The summed E-state index contributed by atoms with van der Waals surface area (Å²) in [5.41, 5.74) is 2.34. The molecule has 2 aromatic rings. The molecule has 0 aliphatic carbocycles. The summed E-state index contributed by atoms with van der Waals surface area (Å²) >= 11 is 0. The molecule has 1 aliphatic heterocycles. The van der Waals surface area contributed by atoms with E-state index < -0.39 is 27.8 Å². The Kier molecular flexibility index (Phi) is 8.22. The van der Waals surface area contributed by atoms with Crippen molar-refractivity contribution in [2.45, 2.75) is 32.5 Å². The fourth-order valence-electron chi connectivity index (χ4n) is 3.81. The Morgan fingerprint density at radius 2 is 1.81 bits per heavy atom. The molecule has 1 N–H and O–H groups in total. The monoisotopic (exact) mass is 463 g/mol. The number of carbonyl (C=O) groups is 1. The third-order valence-electron chi connectivity index (χ3n) is 5.38. The average molecular weight is 464 g/mol. The molecule has 3 rings (SSSR count). The second kappa shape index (κ2) is 10.9. The van der Waals surface area contributed by atoms with Crippen LogP contribution in [0.3, 0.4) is 0 Å². The number of ether oxygens (including phenoxy) is 1. The SMILES string of the molecule is CC[C@@H](C(=O)NCc1cccc(CN2CCOCC2)c1)N(c1ccc(F)cc1)S(C)(=O)=O. The first-order valence-corrected chi connectivity index (χ1v) is 12.5. The number of amides is 1. The Morgan fingerprint density at radius 1 is 1.16 bits per heavy atom. The number of morpholine rings is 1. The highest BCUT2D eigenvalue weighted by atomic mass is 32.2. The van der Waals surface area contributed by atoms with Crippen LogP contribution < -0.4 is 9.62 Å². The lowest BCUT2D eigenvalue weighted by molar-refractivity contribution is -0.122. The van der Waals surface area contributed by atoms with E-state index in [-0.39, 0.29) is 18.7 Å². The summed E-state index contributed by atoms with van der Waals surface area (Å²) in [6.45, 7) is 6.10. The Labute approximate surface area is 189 Å². The van der Waals surface area contributed by atoms with Gasteiger partial charge in [-0.15, -0.1) is 0 Å². The molecular formula is C23H30FN3O4S. The van der Waals surface area contributed by atoms with E-state index in [4.69, 9.17) is 4.74 Å². The van der Waals surface area contributed by atoms with Gasteiger partial charge in [0.05, 0.1) is 25.2 Å². The molecule has 1 fully saturated rings. The molecule has 0 saturated carbocycles. The molecule has 0 spiro atoms. The molecule has 174 valence electrons. The average Bonchev–Trinajstić information content (AvgIpc) is 2.77. The number of benzene rings is 2. The van der Waals surface area contributed by atoms with Crippen LogP contribution >= 0.6 is 0 Å². The number of nitrogens with zero attached hydrogens (tertiary/aromatic N) is 2. The first-order chi connectivity index (χ1) is 15.3. The summed E-state index contributed by atoms with van der Waals surface area (Å²) in [5.74, 6) is -0.877. The van der Waals surface area contributed by atoms with Crippen LogP contribution in [0.5, 0.6) is 0 Å². The van der Waals surface area contributed by atoms with Crippen molar-refractivity contribution in [1.82, 2.24) is 10.2 Å². The highest BCUT2D eigenvalue weighted by molar-refractivity contribution is 7.92. The van der Waals surface area contributed by atoms with Gasteiger partial charge < -0.3 is 10.1 Å². The minimum absolute atomic E-state index is 0.253. The van der Waals surface area contributed by atoms with Crippen LogP contribution in [-0.4, -0.2) is 57.8 Å². The van der Waals surface area contributed by atoms with Crippen LogP contribution in [0, 0.1) is 5.82 Å². The quantitative estimate of drug-likeness (QED) is 0.618. The van der Waals surface area contributed by atoms with Crippen molar-refractivity contribution in [3.05, 3.63) is 65.5 Å². The zero-order chi connectivity index (χ0) is 23.1. The van der Waals surface area contributed by atoms with E-state index in [9.17, 15) is 17.6 Å². The summed E-state index contributed by atoms with van der Waals surface area (Å²) in [6, 6.07) is 12.1.